The predicted octanol–water partition coefficient (Wildman–Crippen LogP) is 1.14. The van der Waals surface area contributed by atoms with Gasteiger partial charge in [0, 0.05) is 16.9 Å². The molecule has 0 bridgehead atoms. The highest BCUT2D eigenvalue weighted by Crippen LogP contribution is 2.21. The summed E-state index contributed by atoms with van der Waals surface area (Å²) < 4.78 is 0.920. The first kappa shape index (κ1) is 9.64. The number of halogens is 1. The molecule has 1 heterocycles. The monoisotopic (exact) mass is 230 g/mol. The van der Waals surface area contributed by atoms with E-state index in [9.17, 15) is 0 Å². The summed E-state index contributed by atoms with van der Waals surface area (Å²) in [5.74, 6) is 0. The van der Waals surface area contributed by atoms with Gasteiger partial charge in [-0.05, 0) is 34.0 Å². The fraction of sp³-hybridized carbons (Fsp3) is 0.375. The second-order valence-electron chi connectivity index (χ2n) is 2.62. The fourth-order valence-corrected chi connectivity index (χ4v) is 1.33. The second kappa shape index (κ2) is 3.98. The van der Waals surface area contributed by atoms with Gasteiger partial charge in [-0.2, -0.15) is 0 Å². The molecule has 1 aromatic heterocycles. The number of hydrogen-bond acceptors (Lipinski definition) is 3. The molecule has 0 fully saturated rings. The van der Waals surface area contributed by atoms with Crippen LogP contribution in [0.5, 0.6) is 0 Å². The second-order valence-corrected chi connectivity index (χ2v) is 3.48. The van der Waals surface area contributed by atoms with Crippen molar-refractivity contribution in [2.45, 2.75) is 13.0 Å². The van der Waals surface area contributed by atoms with Crippen LogP contribution in [0, 0.1) is 6.92 Å². The van der Waals surface area contributed by atoms with Crippen LogP contribution in [0.4, 0.5) is 0 Å². The first-order chi connectivity index (χ1) is 5.66. The summed E-state index contributed by atoms with van der Waals surface area (Å²) in [4.78, 5) is 3.98. The highest BCUT2D eigenvalue weighted by atomic mass is 79.9. The zero-order valence-corrected chi connectivity index (χ0v) is 8.37. The number of nitrogens with zero attached hydrogens (tertiary/aromatic N) is 1. The number of nitrogens with two attached hydrogens (primary N) is 1. The summed E-state index contributed by atoms with van der Waals surface area (Å²) in [7, 11) is 0. The van der Waals surface area contributed by atoms with Crippen LogP contribution >= 0.6 is 15.9 Å². The van der Waals surface area contributed by atoms with Gasteiger partial charge < -0.3 is 10.8 Å². The van der Waals surface area contributed by atoms with E-state index in [4.69, 9.17) is 10.8 Å². The van der Waals surface area contributed by atoms with E-state index in [0.717, 1.165) is 15.6 Å². The van der Waals surface area contributed by atoms with Crippen LogP contribution in [0.2, 0.25) is 0 Å². The average molecular weight is 231 g/mol. The van der Waals surface area contributed by atoms with Gasteiger partial charge in [0.1, 0.15) is 0 Å². The van der Waals surface area contributed by atoms with E-state index < -0.39 is 0 Å². The molecule has 4 heteroatoms. The van der Waals surface area contributed by atoms with Gasteiger partial charge >= 0.3 is 0 Å². The van der Waals surface area contributed by atoms with E-state index in [1.54, 1.807) is 12.4 Å². The molecule has 1 rings (SSSR count). The Morgan fingerprint density at radius 2 is 2.33 bits per heavy atom. The quantitative estimate of drug-likeness (QED) is 0.802. The lowest BCUT2D eigenvalue weighted by Gasteiger charge is -2.11. The highest BCUT2D eigenvalue weighted by Gasteiger charge is 2.09. The number of hydrogen-bond donors (Lipinski definition) is 2. The van der Waals surface area contributed by atoms with E-state index in [0.29, 0.717) is 0 Å². The fourth-order valence-electron chi connectivity index (χ4n) is 0.987. The van der Waals surface area contributed by atoms with Crippen molar-refractivity contribution in [2.75, 3.05) is 6.61 Å². The Balaban J connectivity index is 3.07. The predicted molar refractivity (Wildman–Crippen MR) is 50.7 cm³/mol. The van der Waals surface area contributed by atoms with Crippen molar-refractivity contribution in [3.05, 3.63) is 28.0 Å². The third-order valence-corrected chi connectivity index (χ3v) is 2.59. The first-order valence-corrected chi connectivity index (χ1v) is 4.42. The molecule has 0 amide bonds. The van der Waals surface area contributed by atoms with Crippen LogP contribution in [0.15, 0.2) is 16.9 Å². The first-order valence-electron chi connectivity index (χ1n) is 3.63. The third-order valence-electron chi connectivity index (χ3n) is 1.79. The summed E-state index contributed by atoms with van der Waals surface area (Å²) in [6.07, 6.45) is 3.39. The van der Waals surface area contributed by atoms with Crippen LogP contribution in [-0.4, -0.2) is 16.7 Å². The topological polar surface area (TPSA) is 59.1 Å². The molecule has 0 radical (unpaired) electrons. The Morgan fingerprint density at radius 3 is 2.92 bits per heavy atom. The molecule has 0 spiro atoms. The summed E-state index contributed by atoms with van der Waals surface area (Å²) >= 11 is 3.34. The zero-order chi connectivity index (χ0) is 9.14. The van der Waals surface area contributed by atoms with Gasteiger partial charge in [-0.25, -0.2) is 0 Å². The van der Waals surface area contributed by atoms with Crippen molar-refractivity contribution in [2.24, 2.45) is 5.73 Å². The SMILES string of the molecule is Cc1c(Br)cncc1C(N)CO. The molecule has 1 unspecified atom stereocenters. The molecule has 66 valence electrons. The third kappa shape index (κ3) is 1.83. The van der Waals surface area contributed by atoms with Crippen LogP contribution in [0.1, 0.15) is 17.2 Å². The molecule has 0 aliphatic carbocycles. The maximum Gasteiger partial charge on any atom is 0.0625 e. The minimum Gasteiger partial charge on any atom is -0.394 e. The summed E-state index contributed by atoms with van der Waals surface area (Å²) in [6, 6.07) is -0.338. The molecule has 3 N–H and O–H groups in total. The molecule has 0 saturated carbocycles. The minimum absolute atomic E-state index is 0.0566. The number of rotatable bonds is 2. The standard InChI is InChI=1S/C8H11BrN2O/c1-5-6(8(10)4-12)2-11-3-7(5)9/h2-3,8,12H,4,10H2,1H3. The number of aromatic nitrogens is 1. The summed E-state index contributed by atoms with van der Waals surface area (Å²) in [5.41, 5.74) is 7.57. The van der Waals surface area contributed by atoms with Gasteiger partial charge in [0.05, 0.1) is 12.6 Å². The molecule has 1 aromatic rings. The number of pyridine rings is 1. The molecule has 0 aromatic carbocycles. The molecule has 0 aliphatic rings. The summed E-state index contributed by atoms with van der Waals surface area (Å²) in [5, 5.41) is 8.84. The van der Waals surface area contributed by atoms with Crippen molar-refractivity contribution in [1.29, 1.82) is 0 Å². The Morgan fingerprint density at radius 1 is 1.67 bits per heavy atom. The molecular weight excluding hydrogens is 220 g/mol. The number of aliphatic hydroxyl groups is 1. The average Bonchev–Trinajstić information content (AvgIpc) is 2.08. The molecular formula is C8H11BrN2O. The molecule has 0 aliphatic heterocycles. The smallest absolute Gasteiger partial charge is 0.0625 e. The van der Waals surface area contributed by atoms with Gasteiger partial charge in [0.2, 0.25) is 0 Å². The molecule has 1 atom stereocenters. The van der Waals surface area contributed by atoms with E-state index >= 15 is 0 Å². The van der Waals surface area contributed by atoms with Gasteiger partial charge in [-0.15, -0.1) is 0 Å². The largest absolute Gasteiger partial charge is 0.394 e. The van der Waals surface area contributed by atoms with E-state index in [-0.39, 0.29) is 12.6 Å². The van der Waals surface area contributed by atoms with Crippen LogP contribution in [0.25, 0.3) is 0 Å². The van der Waals surface area contributed by atoms with Crippen LogP contribution in [-0.2, 0) is 0 Å². The number of aliphatic hydroxyl groups excluding tert-OH is 1. The minimum atomic E-state index is -0.338. The van der Waals surface area contributed by atoms with Crippen molar-refractivity contribution >= 4 is 15.9 Å². The van der Waals surface area contributed by atoms with E-state index in [1.165, 1.54) is 0 Å². The van der Waals surface area contributed by atoms with Gasteiger partial charge in [0.25, 0.3) is 0 Å². The van der Waals surface area contributed by atoms with Crippen molar-refractivity contribution in [3.8, 4) is 0 Å². The van der Waals surface area contributed by atoms with Crippen LogP contribution in [0.3, 0.4) is 0 Å². The molecule has 0 saturated heterocycles. The van der Waals surface area contributed by atoms with Gasteiger partial charge in [-0.1, -0.05) is 0 Å². The normalized spacial score (nSPS) is 13.0. The lowest BCUT2D eigenvalue weighted by atomic mass is 10.1. The van der Waals surface area contributed by atoms with Crippen molar-refractivity contribution in [1.82, 2.24) is 4.98 Å². The summed E-state index contributed by atoms with van der Waals surface area (Å²) in [6.45, 7) is 1.88. The Bertz CT molecular complexity index is 278. The Hall–Kier alpha value is -0.450. The lowest BCUT2D eigenvalue weighted by Crippen LogP contribution is -2.16. The maximum atomic E-state index is 8.84. The van der Waals surface area contributed by atoms with Crippen molar-refractivity contribution in [3.63, 3.8) is 0 Å². The maximum absolute atomic E-state index is 8.84. The van der Waals surface area contributed by atoms with Crippen molar-refractivity contribution < 1.29 is 5.11 Å². The zero-order valence-electron chi connectivity index (χ0n) is 6.79. The van der Waals surface area contributed by atoms with Gasteiger partial charge in [-0.3, -0.25) is 4.98 Å². The highest BCUT2D eigenvalue weighted by molar-refractivity contribution is 9.10. The lowest BCUT2D eigenvalue weighted by molar-refractivity contribution is 0.267. The Labute approximate surface area is 79.7 Å². The van der Waals surface area contributed by atoms with E-state index in [2.05, 4.69) is 20.9 Å². The van der Waals surface area contributed by atoms with Gasteiger partial charge in [0.15, 0.2) is 0 Å². The van der Waals surface area contributed by atoms with Crippen LogP contribution < -0.4 is 5.73 Å². The Kier molecular flexibility index (Phi) is 3.20. The molecule has 12 heavy (non-hydrogen) atoms. The molecule has 3 nitrogen and oxygen atoms in total. The van der Waals surface area contributed by atoms with E-state index in [1.807, 2.05) is 6.92 Å².